The first-order valence-electron chi connectivity index (χ1n) is 4.91. The Morgan fingerprint density at radius 3 is 2.33 bits per heavy atom. The second kappa shape index (κ2) is 6.98. The van der Waals surface area contributed by atoms with Crippen LogP contribution in [0.1, 0.15) is 33.6 Å². The number of ether oxygens (including phenoxy) is 2. The lowest BCUT2D eigenvalue weighted by Gasteiger charge is -2.15. The summed E-state index contributed by atoms with van der Waals surface area (Å²) >= 11 is 0. The van der Waals surface area contributed by atoms with Crippen molar-refractivity contribution in [3.05, 3.63) is 0 Å². The van der Waals surface area contributed by atoms with Crippen molar-refractivity contribution in [2.45, 2.75) is 39.7 Å². The summed E-state index contributed by atoms with van der Waals surface area (Å²) in [7, 11) is 0. The molecule has 5 nitrogen and oxygen atoms in total. The maximum Gasteiger partial charge on any atom is 0.347 e. The van der Waals surface area contributed by atoms with Gasteiger partial charge in [-0.15, -0.1) is 0 Å². The van der Waals surface area contributed by atoms with Gasteiger partial charge < -0.3 is 14.9 Å². The topological polar surface area (TPSA) is 76.5 Å². The fraction of sp³-hybridized carbons (Fsp3) is 0.700. The van der Waals surface area contributed by atoms with E-state index in [0.29, 0.717) is 0 Å². The standard InChI is InChI=1S/C10H17NO4/c1-4-9(12)15-8(6-7(3)11)10(13)14-5-2/h8,11H,4-6H2,1-3H3. The molecule has 86 valence electrons. The number of esters is 2. The Morgan fingerprint density at radius 1 is 1.33 bits per heavy atom. The summed E-state index contributed by atoms with van der Waals surface area (Å²) < 4.78 is 9.61. The van der Waals surface area contributed by atoms with E-state index in [0.717, 1.165) is 0 Å². The predicted octanol–water partition coefficient (Wildman–Crippen LogP) is 1.30. The molecule has 0 fully saturated rings. The summed E-state index contributed by atoms with van der Waals surface area (Å²) in [6.45, 7) is 5.09. The monoisotopic (exact) mass is 215 g/mol. The Morgan fingerprint density at radius 2 is 1.93 bits per heavy atom. The van der Waals surface area contributed by atoms with Gasteiger partial charge in [-0.3, -0.25) is 4.79 Å². The highest BCUT2D eigenvalue weighted by Crippen LogP contribution is 2.04. The predicted molar refractivity (Wildman–Crippen MR) is 54.8 cm³/mol. The summed E-state index contributed by atoms with van der Waals surface area (Å²) in [5.74, 6) is -1.06. The molecule has 0 saturated carbocycles. The highest BCUT2D eigenvalue weighted by Gasteiger charge is 2.24. The van der Waals surface area contributed by atoms with Crippen LogP contribution in [-0.4, -0.2) is 30.4 Å². The summed E-state index contributed by atoms with van der Waals surface area (Å²) in [5, 5.41) is 7.25. The zero-order valence-corrected chi connectivity index (χ0v) is 9.33. The van der Waals surface area contributed by atoms with Gasteiger partial charge in [0, 0.05) is 18.6 Å². The number of hydrogen-bond donors (Lipinski definition) is 1. The minimum Gasteiger partial charge on any atom is -0.463 e. The fourth-order valence-electron chi connectivity index (χ4n) is 0.928. The van der Waals surface area contributed by atoms with Gasteiger partial charge in [0.2, 0.25) is 6.10 Å². The first-order chi connectivity index (χ1) is 7.01. The van der Waals surface area contributed by atoms with E-state index in [9.17, 15) is 9.59 Å². The van der Waals surface area contributed by atoms with E-state index in [4.69, 9.17) is 14.9 Å². The van der Waals surface area contributed by atoms with Gasteiger partial charge >= 0.3 is 11.9 Å². The number of hydrogen-bond acceptors (Lipinski definition) is 5. The lowest BCUT2D eigenvalue weighted by Crippen LogP contribution is -2.30. The van der Waals surface area contributed by atoms with Gasteiger partial charge in [-0.1, -0.05) is 6.92 Å². The third kappa shape index (κ3) is 5.83. The summed E-state index contributed by atoms with van der Waals surface area (Å²) in [6, 6.07) is 0. The van der Waals surface area contributed by atoms with Gasteiger partial charge in [0.05, 0.1) is 6.61 Å². The highest BCUT2D eigenvalue weighted by molar-refractivity contribution is 5.87. The largest absolute Gasteiger partial charge is 0.463 e. The van der Waals surface area contributed by atoms with Crippen molar-refractivity contribution in [1.29, 1.82) is 5.41 Å². The van der Waals surface area contributed by atoms with Gasteiger partial charge in [-0.05, 0) is 13.8 Å². The molecule has 5 heteroatoms. The van der Waals surface area contributed by atoms with E-state index >= 15 is 0 Å². The second-order valence-corrected chi connectivity index (χ2v) is 3.07. The third-order valence-electron chi connectivity index (χ3n) is 1.60. The molecule has 0 aliphatic heterocycles. The van der Waals surface area contributed by atoms with E-state index < -0.39 is 18.0 Å². The van der Waals surface area contributed by atoms with Crippen molar-refractivity contribution in [2.75, 3.05) is 6.61 Å². The van der Waals surface area contributed by atoms with Crippen LogP contribution in [0.3, 0.4) is 0 Å². The summed E-state index contributed by atoms with van der Waals surface area (Å²) in [4.78, 5) is 22.3. The van der Waals surface area contributed by atoms with Crippen LogP contribution in [0.15, 0.2) is 0 Å². The molecule has 0 aliphatic carbocycles. The van der Waals surface area contributed by atoms with E-state index in [2.05, 4.69) is 0 Å². The van der Waals surface area contributed by atoms with Crippen LogP contribution in [0.4, 0.5) is 0 Å². The van der Waals surface area contributed by atoms with Crippen molar-refractivity contribution in [3.8, 4) is 0 Å². The molecule has 0 spiro atoms. The van der Waals surface area contributed by atoms with E-state index in [1.54, 1.807) is 20.8 Å². The Bertz CT molecular complexity index is 250. The van der Waals surface area contributed by atoms with Crippen LogP contribution in [0.2, 0.25) is 0 Å². The molecular formula is C10H17NO4. The number of nitrogens with one attached hydrogen (secondary N) is 1. The van der Waals surface area contributed by atoms with Crippen LogP contribution >= 0.6 is 0 Å². The molecule has 0 aliphatic rings. The average molecular weight is 215 g/mol. The second-order valence-electron chi connectivity index (χ2n) is 3.07. The molecule has 0 bridgehead atoms. The lowest BCUT2D eigenvalue weighted by molar-refractivity contribution is -0.166. The molecule has 0 heterocycles. The van der Waals surface area contributed by atoms with Gasteiger partial charge in [0.15, 0.2) is 0 Å². The summed E-state index contributed by atoms with van der Waals surface area (Å²) in [6.07, 6.45) is -0.688. The Balaban J connectivity index is 4.36. The molecule has 0 rings (SSSR count). The molecule has 0 aromatic rings. The van der Waals surface area contributed by atoms with Crippen molar-refractivity contribution in [2.24, 2.45) is 0 Å². The third-order valence-corrected chi connectivity index (χ3v) is 1.60. The van der Waals surface area contributed by atoms with Gasteiger partial charge in [-0.2, -0.15) is 0 Å². The van der Waals surface area contributed by atoms with Gasteiger partial charge in [-0.25, -0.2) is 4.79 Å². The molecule has 1 N–H and O–H groups in total. The molecule has 1 unspecified atom stereocenters. The van der Waals surface area contributed by atoms with Crippen LogP contribution in [0.5, 0.6) is 0 Å². The molecule has 15 heavy (non-hydrogen) atoms. The van der Waals surface area contributed by atoms with Crippen molar-refractivity contribution in [1.82, 2.24) is 0 Å². The molecular weight excluding hydrogens is 198 g/mol. The van der Waals surface area contributed by atoms with E-state index in [1.165, 1.54) is 0 Å². The maximum absolute atomic E-state index is 11.3. The van der Waals surface area contributed by atoms with Gasteiger partial charge in [0.25, 0.3) is 0 Å². The Hall–Kier alpha value is -1.39. The molecule has 0 aromatic heterocycles. The molecule has 0 aromatic carbocycles. The Labute approximate surface area is 89.3 Å². The van der Waals surface area contributed by atoms with Crippen molar-refractivity contribution in [3.63, 3.8) is 0 Å². The SMILES string of the molecule is CCOC(=O)C(CC(C)=N)OC(=O)CC. The maximum atomic E-state index is 11.3. The normalized spacial score (nSPS) is 11.7. The zero-order valence-electron chi connectivity index (χ0n) is 9.33. The highest BCUT2D eigenvalue weighted by atomic mass is 16.6. The number of rotatable bonds is 6. The van der Waals surface area contributed by atoms with Crippen LogP contribution in [0, 0.1) is 5.41 Å². The molecule has 0 radical (unpaired) electrons. The minimum atomic E-state index is -0.977. The van der Waals surface area contributed by atoms with Crippen molar-refractivity contribution < 1.29 is 19.1 Å². The molecule has 1 atom stereocenters. The summed E-state index contributed by atoms with van der Waals surface area (Å²) in [5.41, 5.74) is 0.275. The number of carbonyl (C=O) groups excluding carboxylic acids is 2. The van der Waals surface area contributed by atoms with Crippen LogP contribution in [0.25, 0.3) is 0 Å². The zero-order chi connectivity index (χ0) is 11.8. The average Bonchev–Trinajstić information content (AvgIpc) is 2.16. The smallest absolute Gasteiger partial charge is 0.347 e. The minimum absolute atomic E-state index is 0.0879. The van der Waals surface area contributed by atoms with E-state index in [1.807, 2.05) is 0 Å². The lowest BCUT2D eigenvalue weighted by atomic mass is 10.2. The fourth-order valence-corrected chi connectivity index (χ4v) is 0.928. The first kappa shape index (κ1) is 13.6. The van der Waals surface area contributed by atoms with E-state index in [-0.39, 0.29) is 25.2 Å². The first-order valence-corrected chi connectivity index (χ1v) is 4.91. The number of carbonyl (C=O) groups is 2. The van der Waals surface area contributed by atoms with Crippen LogP contribution in [-0.2, 0) is 19.1 Å². The van der Waals surface area contributed by atoms with Crippen LogP contribution < -0.4 is 0 Å². The quantitative estimate of drug-likeness (QED) is 0.535. The van der Waals surface area contributed by atoms with Gasteiger partial charge in [0.1, 0.15) is 0 Å². The molecule has 0 amide bonds. The molecule has 0 saturated heterocycles. The van der Waals surface area contributed by atoms with Crippen molar-refractivity contribution >= 4 is 17.7 Å². The Kier molecular flexibility index (Phi) is 6.33.